The average molecular weight is 467 g/mol. The van der Waals surface area contributed by atoms with E-state index in [1.807, 2.05) is 18.2 Å². The van der Waals surface area contributed by atoms with Gasteiger partial charge in [-0.05, 0) is 67.1 Å². The Bertz CT molecular complexity index is 1150. The van der Waals surface area contributed by atoms with Crippen LogP contribution in [0.2, 0.25) is 0 Å². The van der Waals surface area contributed by atoms with Gasteiger partial charge in [0.25, 0.3) is 5.91 Å². The molecule has 0 radical (unpaired) electrons. The number of rotatable bonds is 5. The summed E-state index contributed by atoms with van der Waals surface area (Å²) in [6.45, 7) is 2.73. The van der Waals surface area contributed by atoms with Gasteiger partial charge in [-0.3, -0.25) is 24.6 Å². The fourth-order valence-corrected chi connectivity index (χ4v) is 5.24. The lowest BCUT2D eigenvalue weighted by atomic mass is 9.87. The molecule has 1 aromatic heterocycles. The number of nitrogens with zero attached hydrogens (tertiary/aromatic N) is 3. The molecule has 0 bridgehead atoms. The number of hydrogen-bond donors (Lipinski definition) is 1. The molecule has 1 N–H and O–H groups in total. The van der Waals surface area contributed by atoms with Crippen LogP contribution in [-0.2, 0) is 22.7 Å². The highest BCUT2D eigenvalue weighted by atomic mass is 19.1. The van der Waals surface area contributed by atoms with Gasteiger partial charge in [-0.2, -0.15) is 0 Å². The van der Waals surface area contributed by atoms with E-state index in [1.165, 1.54) is 11.0 Å². The van der Waals surface area contributed by atoms with E-state index in [0.29, 0.717) is 23.4 Å². The summed E-state index contributed by atoms with van der Waals surface area (Å²) >= 11 is 0. The first kappa shape index (κ1) is 22.5. The number of benzene rings is 1. The first-order chi connectivity index (χ1) is 16.4. The van der Waals surface area contributed by atoms with Crippen molar-refractivity contribution in [3.8, 4) is 5.88 Å². The van der Waals surface area contributed by atoms with Crippen molar-refractivity contribution in [1.29, 1.82) is 0 Å². The number of imide groups is 1. The Balaban J connectivity index is 1.26. The molecule has 1 unspecified atom stereocenters. The molecule has 2 fully saturated rings. The minimum Gasteiger partial charge on any atom is -0.481 e. The Kier molecular flexibility index (Phi) is 6.03. The van der Waals surface area contributed by atoms with E-state index < -0.39 is 11.9 Å². The van der Waals surface area contributed by atoms with E-state index in [-0.39, 0.29) is 36.5 Å². The van der Waals surface area contributed by atoms with Gasteiger partial charge < -0.3 is 9.64 Å². The van der Waals surface area contributed by atoms with E-state index in [4.69, 9.17) is 4.74 Å². The number of pyridine rings is 1. The fourth-order valence-electron chi connectivity index (χ4n) is 5.24. The maximum Gasteiger partial charge on any atom is 0.255 e. The first-order valence-corrected chi connectivity index (χ1v) is 11.6. The van der Waals surface area contributed by atoms with Crippen molar-refractivity contribution in [2.45, 2.75) is 50.7 Å². The topological polar surface area (TPSA) is 91.8 Å². The molecule has 1 atom stereocenters. The predicted octanol–water partition coefficient (Wildman–Crippen LogP) is 2.37. The van der Waals surface area contributed by atoms with E-state index in [9.17, 15) is 14.4 Å². The highest BCUT2D eigenvalue weighted by Gasteiger charge is 2.40. The third kappa shape index (κ3) is 4.27. The number of halogens is 1. The predicted molar refractivity (Wildman–Crippen MR) is 120 cm³/mol. The van der Waals surface area contributed by atoms with Crippen molar-refractivity contribution in [2.24, 2.45) is 0 Å². The van der Waals surface area contributed by atoms with Gasteiger partial charge in [0.05, 0.1) is 7.11 Å². The Morgan fingerprint density at radius 3 is 2.68 bits per heavy atom. The number of carbonyl (C=O) groups excluding carboxylic acids is 3. The highest BCUT2D eigenvalue weighted by molar-refractivity contribution is 6.05. The van der Waals surface area contributed by atoms with Crippen LogP contribution in [0, 0.1) is 5.82 Å². The quantitative estimate of drug-likeness (QED) is 0.681. The molecular weight excluding hydrogens is 439 g/mol. The summed E-state index contributed by atoms with van der Waals surface area (Å²) in [7, 11) is 1.60. The molecule has 0 saturated carbocycles. The number of piperidine rings is 2. The van der Waals surface area contributed by atoms with Crippen LogP contribution in [-0.4, -0.2) is 58.7 Å². The molecular formula is C25H27FN4O4. The van der Waals surface area contributed by atoms with Crippen molar-refractivity contribution in [3.63, 3.8) is 0 Å². The standard InChI is InChI=1S/C25H27FN4O4/c1-34-23-10-15(4-7-27-23)13-29-8-5-16(6-9-29)18-11-17-14-30(25(33)19(17)12-20(18)26)21-2-3-22(31)28-24(21)32/h4,7,10-12,16,21H,2-3,5-6,8-9,13-14H2,1H3,(H,28,31,32). The molecule has 34 heavy (non-hydrogen) atoms. The zero-order chi connectivity index (χ0) is 23.8. The third-order valence-electron chi connectivity index (χ3n) is 7.08. The smallest absolute Gasteiger partial charge is 0.255 e. The van der Waals surface area contributed by atoms with Gasteiger partial charge in [-0.15, -0.1) is 0 Å². The van der Waals surface area contributed by atoms with Gasteiger partial charge >= 0.3 is 0 Å². The molecule has 0 spiro atoms. The molecule has 8 nitrogen and oxygen atoms in total. The Hall–Kier alpha value is -3.33. The summed E-state index contributed by atoms with van der Waals surface area (Å²) in [4.78, 5) is 44.5. The number of ether oxygens (including phenoxy) is 1. The van der Waals surface area contributed by atoms with Gasteiger partial charge in [0, 0.05) is 37.3 Å². The van der Waals surface area contributed by atoms with Crippen molar-refractivity contribution in [1.82, 2.24) is 20.1 Å². The molecule has 3 aliphatic heterocycles. The SMILES string of the molecule is COc1cc(CN2CCC(c3cc4c(cc3F)C(=O)N(C3CCC(=O)NC3=O)C4)CC2)ccn1. The monoisotopic (exact) mass is 466 g/mol. The van der Waals surface area contributed by atoms with E-state index in [1.54, 1.807) is 13.3 Å². The molecule has 4 heterocycles. The number of nitrogens with one attached hydrogen (secondary N) is 1. The zero-order valence-corrected chi connectivity index (χ0v) is 19.1. The van der Waals surface area contributed by atoms with Crippen LogP contribution in [0.5, 0.6) is 5.88 Å². The van der Waals surface area contributed by atoms with Gasteiger partial charge in [-0.25, -0.2) is 9.37 Å². The number of carbonyl (C=O) groups is 3. The number of aromatic nitrogens is 1. The number of hydrogen-bond acceptors (Lipinski definition) is 6. The maximum atomic E-state index is 15.1. The Morgan fingerprint density at radius 1 is 1.15 bits per heavy atom. The molecule has 0 aliphatic carbocycles. The molecule has 9 heteroatoms. The molecule has 2 aromatic rings. The van der Waals surface area contributed by atoms with Gasteiger partial charge in [0.1, 0.15) is 11.9 Å². The van der Waals surface area contributed by atoms with E-state index in [0.717, 1.165) is 43.6 Å². The maximum absolute atomic E-state index is 15.1. The lowest BCUT2D eigenvalue weighted by Gasteiger charge is -2.32. The Labute approximate surface area is 197 Å². The van der Waals surface area contributed by atoms with Crippen LogP contribution < -0.4 is 10.1 Å². The van der Waals surface area contributed by atoms with Crippen LogP contribution in [0.15, 0.2) is 30.5 Å². The Morgan fingerprint density at radius 2 is 1.94 bits per heavy atom. The zero-order valence-electron chi connectivity index (χ0n) is 19.1. The average Bonchev–Trinajstić information content (AvgIpc) is 3.14. The third-order valence-corrected chi connectivity index (χ3v) is 7.08. The number of likely N-dealkylation sites (tertiary alicyclic amines) is 1. The molecule has 5 rings (SSSR count). The molecule has 3 aliphatic rings. The summed E-state index contributed by atoms with van der Waals surface area (Å²) in [6.07, 6.45) is 3.87. The number of amides is 3. The van der Waals surface area contributed by atoms with Crippen molar-refractivity contribution >= 4 is 17.7 Å². The lowest BCUT2D eigenvalue weighted by molar-refractivity contribution is -0.136. The van der Waals surface area contributed by atoms with Crippen LogP contribution in [0.25, 0.3) is 0 Å². The molecule has 3 amide bonds. The summed E-state index contributed by atoms with van der Waals surface area (Å²) in [5.74, 6) is -0.834. The first-order valence-electron chi connectivity index (χ1n) is 11.6. The van der Waals surface area contributed by atoms with Crippen LogP contribution in [0.1, 0.15) is 58.6 Å². The summed E-state index contributed by atoms with van der Waals surface area (Å²) < 4.78 is 20.3. The van der Waals surface area contributed by atoms with Gasteiger partial charge in [0.15, 0.2) is 0 Å². The second kappa shape index (κ2) is 9.13. The van der Waals surface area contributed by atoms with Crippen molar-refractivity contribution < 1.29 is 23.5 Å². The van der Waals surface area contributed by atoms with Crippen molar-refractivity contribution in [3.05, 3.63) is 58.5 Å². The normalized spacial score (nSPS) is 21.5. The molecule has 178 valence electrons. The lowest BCUT2D eigenvalue weighted by Crippen LogP contribution is -2.52. The summed E-state index contributed by atoms with van der Waals surface area (Å²) in [5, 5.41) is 2.29. The minimum absolute atomic E-state index is 0.0771. The number of fused-ring (bicyclic) bond motifs is 1. The van der Waals surface area contributed by atoms with Crippen LogP contribution in [0.3, 0.4) is 0 Å². The molecule has 2 saturated heterocycles. The number of methoxy groups -OCH3 is 1. The van der Waals surface area contributed by atoms with E-state index in [2.05, 4.69) is 15.2 Å². The fraction of sp³-hybridized carbons (Fsp3) is 0.440. The molecule has 1 aromatic carbocycles. The summed E-state index contributed by atoms with van der Waals surface area (Å²) in [6, 6.07) is 6.34. The van der Waals surface area contributed by atoms with Crippen molar-refractivity contribution in [2.75, 3.05) is 20.2 Å². The minimum atomic E-state index is -0.695. The van der Waals surface area contributed by atoms with Gasteiger partial charge in [-0.1, -0.05) is 6.07 Å². The summed E-state index contributed by atoms with van der Waals surface area (Å²) in [5.41, 5.74) is 2.83. The second-order valence-electron chi connectivity index (χ2n) is 9.19. The van der Waals surface area contributed by atoms with E-state index >= 15 is 4.39 Å². The van der Waals surface area contributed by atoms with Crippen LogP contribution >= 0.6 is 0 Å². The second-order valence-corrected chi connectivity index (χ2v) is 9.19. The van der Waals surface area contributed by atoms with Gasteiger partial charge in [0.2, 0.25) is 17.7 Å². The largest absolute Gasteiger partial charge is 0.481 e. The highest BCUT2D eigenvalue weighted by Crippen LogP contribution is 2.35. The van der Waals surface area contributed by atoms with Crippen LogP contribution in [0.4, 0.5) is 4.39 Å².